The van der Waals surface area contributed by atoms with Crippen molar-refractivity contribution in [3.8, 4) is 0 Å². The molecule has 0 aromatic carbocycles. The topological polar surface area (TPSA) is 35.5 Å². The van der Waals surface area contributed by atoms with Gasteiger partial charge in [0.25, 0.3) is 0 Å². The van der Waals surface area contributed by atoms with Crippen LogP contribution in [0.4, 0.5) is 0 Å². The first kappa shape index (κ1) is 8.62. The number of ether oxygens (including phenoxy) is 2. The van der Waals surface area contributed by atoms with E-state index in [4.69, 9.17) is 9.47 Å². The summed E-state index contributed by atoms with van der Waals surface area (Å²) in [5, 5.41) is 0. The van der Waals surface area contributed by atoms with Gasteiger partial charge in [0.2, 0.25) is 6.29 Å². The van der Waals surface area contributed by atoms with E-state index in [-0.39, 0.29) is 6.29 Å². The smallest absolute Gasteiger partial charge is 0.332 e. The number of carbonyl (C=O) groups excluding carboxylic acids is 1. The van der Waals surface area contributed by atoms with E-state index in [9.17, 15) is 4.79 Å². The maximum atomic E-state index is 10.7. The molecule has 1 heterocycles. The van der Waals surface area contributed by atoms with Crippen LogP contribution in [-0.4, -0.2) is 30.4 Å². The Morgan fingerprint density at radius 1 is 1.82 bits per heavy atom. The molecular formula is C7H10O3S. The van der Waals surface area contributed by atoms with Crippen LogP contribution < -0.4 is 0 Å². The van der Waals surface area contributed by atoms with E-state index in [0.29, 0.717) is 6.61 Å². The van der Waals surface area contributed by atoms with Crippen molar-refractivity contribution in [1.29, 1.82) is 0 Å². The third-order valence-corrected chi connectivity index (χ3v) is 2.16. The zero-order valence-corrected chi connectivity index (χ0v) is 6.93. The van der Waals surface area contributed by atoms with Crippen LogP contribution in [0.1, 0.15) is 0 Å². The second kappa shape index (κ2) is 4.41. The zero-order chi connectivity index (χ0) is 8.10. The summed E-state index contributed by atoms with van der Waals surface area (Å²) in [6, 6.07) is 0. The highest BCUT2D eigenvalue weighted by Gasteiger charge is 2.16. The molecule has 0 N–H and O–H groups in total. The van der Waals surface area contributed by atoms with Crippen molar-refractivity contribution < 1.29 is 14.3 Å². The number of thioether (sulfide) groups is 1. The van der Waals surface area contributed by atoms with Gasteiger partial charge in [-0.2, -0.15) is 11.8 Å². The average molecular weight is 174 g/mol. The van der Waals surface area contributed by atoms with E-state index in [1.54, 1.807) is 11.8 Å². The minimum Gasteiger partial charge on any atom is -0.432 e. The fourth-order valence-corrected chi connectivity index (χ4v) is 1.45. The lowest BCUT2D eigenvalue weighted by Crippen LogP contribution is -2.27. The molecule has 0 aromatic heterocycles. The van der Waals surface area contributed by atoms with E-state index in [0.717, 1.165) is 17.6 Å². The molecular weight excluding hydrogens is 164 g/mol. The van der Waals surface area contributed by atoms with Gasteiger partial charge in [-0.3, -0.25) is 0 Å². The van der Waals surface area contributed by atoms with Crippen molar-refractivity contribution in [3.63, 3.8) is 0 Å². The van der Waals surface area contributed by atoms with Gasteiger partial charge in [0.15, 0.2) is 0 Å². The Labute approximate surface area is 69.7 Å². The molecule has 1 rings (SSSR count). The lowest BCUT2D eigenvalue weighted by Gasteiger charge is -2.21. The number of carbonyl (C=O) groups is 1. The summed E-state index contributed by atoms with van der Waals surface area (Å²) in [5.74, 6) is 1.28. The molecule has 1 atom stereocenters. The van der Waals surface area contributed by atoms with Gasteiger partial charge in [0.1, 0.15) is 0 Å². The predicted octanol–water partition coefficient (Wildman–Crippen LogP) is 0.805. The van der Waals surface area contributed by atoms with Gasteiger partial charge >= 0.3 is 5.97 Å². The second-order valence-corrected chi connectivity index (χ2v) is 3.17. The molecule has 1 unspecified atom stereocenters. The van der Waals surface area contributed by atoms with E-state index >= 15 is 0 Å². The zero-order valence-electron chi connectivity index (χ0n) is 6.12. The van der Waals surface area contributed by atoms with Gasteiger partial charge in [0, 0.05) is 11.8 Å². The van der Waals surface area contributed by atoms with Crippen molar-refractivity contribution in [2.24, 2.45) is 0 Å². The molecule has 0 saturated carbocycles. The summed E-state index contributed by atoms with van der Waals surface area (Å²) < 4.78 is 9.98. The molecule has 1 saturated heterocycles. The van der Waals surface area contributed by atoms with Crippen LogP contribution in [0.15, 0.2) is 12.7 Å². The van der Waals surface area contributed by atoms with E-state index in [1.165, 1.54) is 0 Å². The summed E-state index contributed by atoms with van der Waals surface area (Å²) in [6.07, 6.45) is 0.766. The largest absolute Gasteiger partial charge is 0.432 e. The van der Waals surface area contributed by atoms with Gasteiger partial charge in [-0.1, -0.05) is 6.58 Å². The van der Waals surface area contributed by atoms with Crippen LogP contribution in [0.25, 0.3) is 0 Å². The van der Waals surface area contributed by atoms with Crippen molar-refractivity contribution in [2.75, 3.05) is 18.1 Å². The molecule has 3 nitrogen and oxygen atoms in total. The van der Waals surface area contributed by atoms with E-state index in [1.807, 2.05) is 0 Å². The van der Waals surface area contributed by atoms with Crippen LogP contribution in [-0.2, 0) is 14.3 Å². The molecule has 11 heavy (non-hydrogen) atoms. The van der Waals surface area contributed by atoms with Crippen molar-refractivity contribution >= 4 is 17.7 Å². The summed E-state index contributed by atoms with van der Waals surface area (Å²) >= 11 is 1.72. The second-order valence-electron chi connectivity index (χ2n) is 2.02. The molecule has 1 fully saturated rings. The highest BCUT2D eigenvalue weighted by atomic mass is 32.2. The summed E-state index contributed by atoms with van der Waals surface area (Å²) in [7, 11) is 0. The monoisotopic (exact) mass is 174 g/mol. The number of hydrogen-bond donors (Lipinski definition) is 0. The standard InChI is InChI=1S/C7H10O3S/c1-2-6(8)10-7-5-11-4-3-9-7/h2,7H,1,3-5H2. The molecule has 0 spiro atoms. The van der Waals surface area contributed by atoms with Crippen LogP contribution in [0.3, 0.4) is 0 Å². The Morgan fingerprint density at radius 3 is 3.18 bits per heavy atom. The van der Waals surface area contributed by atoms with Crippen LogP contribution in [0, 0.1) is 0 Å². The number of rotatable bonds is 2. The third-order valence-electron chi connectivity index (χ3n) is 1.20. The Balaban J connectivity index is 2.24. The Hall–Kier alpha value is -0.480. The molecule has 0 aliphatic carbocycles. The van der Waals surface area contributed by atoms with Gasteiger partial charge in [-0.05, 0) is 0 Å². The summed E-state index contributed by atoms with van der Waals surface area (Å²) in [4.78, 5) is 10.7. The quantitative estimate of drug-likeness (QED) is 0.458. The first-order valence-corrected chi connectivity index (χ1v) is 4.51. The highest BCUT2D eigenvalue weighted by molar-refractivity contribution is 7.99. The average Bonchev–Trinajstić information content (AvgIpc) is 2.06. The Morgan fingerprint density at radius 2 is 2.64 bits per heavy atom. The molecule has 0 radical (unpaired) electrons. The SMILES string of the molecule is C=CC(=O)OC1CSCCO1. The van der Waals surface area contributed by atoms with Crippen LogP contribution in [0.5, 0.6) is 0 Å². The van der Waals surface area contributed by atoms with Gasteiger partial charge < -0.3 is 9.47 Å². The maximum Gasteiger partial charge on any atom is 0.332 e. The normalized spacial score (nSPS) is 24.2. The van der Waals surface area contributed by atoms with E-state index < -0.39 is 5.97 Å². The van der Waals surface area contributed by atoms with Gasteiger partial charge in [-0.15, -0.1) is 0 Å². The fourth-order valence-electron chi connectivity index (χ4n) is 0.712. The fraction of sp³-hybridized carbons (Fsp3) is 0.571. The van der Waals surface area contributed by atoms with Crippen molar-refractivity contribution in [1.82, 2.24) is 0 Å². The Bertz CT molecular complexity index is 152. The minimum atomic E-state index is -0.419. The first-order valence-electron chi connectivity index (χ1n) is 3.35. The predicted molar refractivity (Wildman–Crippen MR) is 43.4 cm³/mol. The Kier molecular flexibility index (Phi) is 3.45. The maximum absolute atomic E-state index is 10.7. The summed E-state index contributed by atoms with van der Waals surface area (Å²) in [5.41, 5.74) is 0. The van der Waals surface area contributed by atoms with Crippen molar-refractivity contribution in [2.45, 2.75) is 6.29 Å². The third kappa shape index (κ3) is 2.95. The van der Waals surface area contributed by atoms with E-state index in [2.05, 4.69) is 6.58 Å². The molecule has 0 bridgehead atoms. The van der Waals surface area contributed by atoms with Gasteiger partial charge in [-0.25, -0.2) is 4.79 Å². The molecule has 0 amide bonds. The minimum absolute atomic E-state index is 0.376. The summed E-state index contributed by atoms with van der Waals surface area (Å²) in [6.45, 7) is 3.94. The molecule has 1 aliphatic rings. The first-order chi connectivity index (χ1) is 5.33. The highest BCUT2D eigenvalue weighted by Crippen LogP contribution is 2.13. The van der Waals surface area contributed by atoms with Gasteiger partial charge in [0.05, 0.1) is 12.4 Å². The number of hydrogen-bond acceptors (Lipinski definition) is 4. The van der Waals surface area contributed by atoms with Crippen LogP contribution >= 0.6 is 11.8 Å². The molecule has 0 aromatic rings. The molecule has 62 valence electrons. The van der Waals surface area contributed by atoms with Crippen molar-refractivity contribution in [3.05, 3.63) is 12.7 Å². The number of esters is 1. The lowest BCUT2D eigenvalue weighted by atomic mass is 10.6. The molecule has 1 aliphatic heterocycles. The van der Waals surface area contributed by atoms with Crippen LogP contribution in [0.2, 0.25) is 0 Å². The lowest BCUT2D eigenvalue weighted by molar-refractivity contribution is -0.167. The molecule has 4 heteroatoms.